The van der Waals surface area contributed by atoms with Crippen molar-refractivity contribution in [2.45, 2.75) is 19.9 Å². The molecule has 0 fully saturated rings. The van der Waals surface area contributed by atoms with Gasteiger partial charge in [-0.25, -0.2) is 0 Å². The molecule has 3 aromatic rings. The molecule has 23 heavy (non-hydrogen) atoms. The maximum atomic E-state index is 12.4. The number of fused-ring (bicyclic) bond motifs is 1. The summed E-state index contributed by atoms with van der Waals surface area (Å²) in [7, 11) is 3.47. The summed E-state index contributed by atoms with van der Waals surface area (Å²) in [6.45, 7) is 3.72. The molecule has 0 aliphatic heterocycles. The van der Waals surface area contributed by atoms with Gasteiger partial charge in [0.15, 0.2) is 0 Å². The van der Waals surface area contributed by atoms with Crippen molar-refractivity contribution < 1.29 is 9.53 Å². The van der Waals surface area contributed by atoms with Gasteiger partial charge in [0.25, 0.3) is 0 Å². The largest absolute Gasteiger partial charge is 0.497 e. The maximum absolute atomic E-state index is 12.4. The Labute approximate surface area is 133 Å². The van der Waals surface area contributed by atoms with Crippen LogP contribution >= 0.6 is 0 Å². The predicted octanol–water partition coefficient (Wildman–Crippen LogP) is 2.29. The van der Waals surface area contributed by atoms with Crippen LogP contribution in [0.4, 0.5) is 5.69 Å². The minimum atomic E-state index is -0.427. The molecule has 2 aromatic heterocycles. The number of carbonyl (C=O) groups excluding carboxylic acids is 1. The highest BCUT2D eigenvalue weighted by atomic mass is 16.5. The Hall–Kier alpha value is -2.83. The van der Waals surface area contributed by atoms with Crippen molar-refractivity contribution in [3.63, 3.8) is 0 Å². The molecule has 1 unspecified atom stereocenters. The Balaban J connectivity index is 1.78. The van der Waals surface area contributed by atoms with Gasteiger partial charge >= 0.3 is 0 Å². The second-order valence-corrected chi connectivity index (χ2v) is 5.45. The number of hydrogen-bond acceptors (Lipinski definition) is 4. The van der Waals surface area contributed by atoms with E-state index in [2.05, 4.69) is 15.5 Å². The molecule has 120 valence electrons. The molecule has 0 aliphatic carbocycles. The standard InChI is InChI=1S/C16H19N5O2/c1-10-15-14(20(3)18-10)9-21(19-15)11(2)16(22)17-12-5-7-13(23-4)8-6-12/h5-9,11H,1-4H3,(H,17,22). The fourth-order valence-electron chi connectivity index (χ4n) is 2.44. The van der Waals surface area contributed by atoms with Crippen molar-refractivity contribution in [2.75, 3.05) is 12.4 Å². The molecule has 0 saturated heterocycles. The molecule has 0 saturated carbocycles. The first-order valence-corrected chi connectivity index (χ1v) is 7.33. The number of methoxy groups -OCH3 is 1. The molecule has 1 aromatic carbocycles. The summed E-state index contributed by atoms with van der Waals surface area (Å²) in [5.74, 6) is 0.617. The van der Waals surface area contributed by atoms with Crippen LogP contribution in [-0.2, 0) is 11.8 Å². The summed E-state index contributed by atoms with van der Waals surface area (Å²) in [5, 5.41) is 11.7. The molecular weight excluding hydrogens is 294 g/mol. The lowest BCUT2D eigenvalue weighted by atomic mass is 10.2. The lowest BCUT2D eigenvalue weighted by Crippen LogP contribution is -2.24. The Morgan fingerprint density at radius 3 is 2.57 bits per heavy atom. The highest BCUT2D eigenvalue weighted by molar-refractivity contribution is 5.93. The van der Waals surface area contributed by atoms with E-state index in [0.717, 1.165) is 28.2 Å². The van der Waals surface area contributed by atoms with Crippen LogP contribution in [0.5, 0.6) is 5.75 Å². The number of amides is 1. The molecule has 2 heterocycles. The molecule has 0 radical (unpaired) electrons. The van der Waals surface area contributed by atoms with Gasteiger partial charge in [0, 0.05) is 12.7 Å². The summed E-state index contributed by atoms with van der Waals surface area (Å²) in [6, 6.07) is 6.78. The molecule has 0 spiro atoms. The molecule has 0 aliphatic rings. The minimum absolute atomic E-state index is 0.131. The van der Waals surface area contributed by atoms with Crippen LogP contribution in [-0.4, -0.2) is 32.6 Å². The highest BCUT2D eigenvalue weighted by Crippen LogP contribution is 2.20. The van der Waals surface area contributed by atoms with Crippen molar-refractivity contribution >= 4 is 22.6 Å². The lowest BCUT2D eigenvalue weighted by molar-refractivity contribution is -0.119. The first-order chi connectivity index (χ1) is 11.0. The third kappa shape index (κ3) is 2.77. The van der Waals surface area contributed by atoms with E-state index in [1.807, 2.05) is 27.1 Å². The lowest BCUT2D eigenvalue weighted by Gasteiger charge is -2.13. The van der Waals surface area contributed by atoms with Crippen molar-refractivity contribution in [2.24, 2.45) is 7.05 Å². The van der Waals surface area contributed by atoms with E-state index in [1.54, 1.807) is 40.7 Å². The quantitative estimate of drug-likeness (QED) is 0.802. The van der Waals surface area contributed by atoms with E-state index in [4.69, 9.17) is 4.74 Å². The summed E-state index contributed by atoms with van der Waals surface area (Å²) in [6.07, 6.45) is 1.84. The van der Waals surface area contributed by atoms with Crippen LogP contribution in [0.2, 0.25) is 0 Å². The molecule has 3 rings (SSSR count). The van der Waals surface area contributed by atoms with Gasteiger partial charge in [-0.15, -0.1) is 0 Å². The van der Waals surface area contributed by atoms with Crippen molar-refractivity contribution in [3.05, 3.63) is 36.2 Å². The zero-order valence-electron chi connectivity index (χ0n) is 13.6. The zero-order valence-corrected chi connectivity index (χ0v) is 13.6. The summed E-state index contributed by atoms with van der Waals surface area (Å²) in [4.78, 5) is 12.4. The van der Waals surface area contributed by atoms with E-state index in [9.17, 15) is 4.79 Å². The average molecular weight is 313 g/mol. The first kappa shape index (κ1) is 15.1. The number of benzene rings is 1. The van der Waals surface area contributed by atoms with Crippen LogP contribution in [0.3, 0.4) is 0 Å². The molecule has 0 bridgehead atoms. The molecule has 1 N–H and O–H groups in total. The minimum Gasteiger partial charge on any atom is -0.497 e. The Morgan fingerprint density at radius 1 is 1.26 bits per heavy atom. The van der Waals surface area contributed by atoms with Crippen LogP contribution < -0.4 is 10.1 Å². The maximum Gasteiger partial charge on any atom is 0.248 e. The van der Waals surface area contributed by atoms with Gasteiger partial charge in [-0.3, -0.25) is 14.2 Å². The van der Waals surface area contributed by atoms with Crippen LogP contribution in [0.15, 0.2) is 30.5 Å². The second kappa shape index (κ2) is 5.75. The number of nitrogens with zero attached hydrogens (tertiary/aromatic N) is 4. The van der Waals surface area contributed by atoms with Crippen molar-refractivity contribution in [1.29, 1.82) is 0 Å². The van der Waals surface area contributed by atoms with Gasteiger partial charge in [-0.2, -0.15) is 10.2 Å². The number of aromatic nitrogens is 4. The van der Waals surface area contributed by atoms with E-state index in [0.29, 0.717) is 0 Å². The molecule has 1 amide bonds. The van der Waals surface area contributed by atoms with Crippen LogP contribution in [0.25, 0.3) is 11.0 Å². The predicted molar refractivity (Wildman–Crippen MR) is 87.6 cm³/mol. The van der Waals surface area contributed by atoms with E-state index < -0.39 is 6.04 Å². The number of rotatable bonds is 4. The third-order valence-electron chi connectivity index (χ3n) is 3.84. The average Bonchev–Trinajstić information content (AvgIpc) is 3.09. The van der Waals surface area contributed by atoms with Gasteiger partial charge in [0.1, 0.15) is 22.8 Å². The Morgan fingerprint density at radius 2 is 1.96 bits per heavy atom. The van der Waals surface area contributed by atoms with Gasteiger partial charge < -0.3 is 10.1 Å². The van der Waals surface area contributed by atoms with Crippen LogP contribution in [0.1, 0.15) is 18.7 Å². The van der Waals surface area contributed by atoms with Gasteiger partial charge in [-0.1, -0.05) is 0 Å². The van der Waals surface area contributed by atoms with Gasteiger partial charge in [0.05, 0.1) is 19.0 Å². The summed E-state index contributed by atoms with van der Waals surface area (Å²) in [5.41, 5.74) is 3.30. The number of ether oxygens (including phenoxy) is 1. The molecule has 7 nitrogen and oxygen atoms in total. The topological polar surface area (TPSA) is 74.0 Å². The Kier molecular flexibility index (Phi) is 3.77. The fourth-order valence-corrected chi connectivity index (χ4v) is 2.44. The fraction of sp³-hybridized carbons (Fsp3) is 0.312. The van der Waals surface area contributed by atoms with Crippen LogP contribution in [0, 0.1) is 6.92 Å². The third-order valence-corrected chi connectivity index (χ3v) is 3.84. The SMILES string of the molecule is COc1ccc(NC(=O)C(C)n2cc3c(n2)c(C)nn3C)cc1. The van der Waals surface area contributed by atoms with Gasteiger partial charge in [-0.05, 0) is 38.1 Å². The normalized spacial score (nSPS) is 12.3. The molecular formula is C16H19N5O2. The zero-order chi connectivity index (χ0) is 16.6. The monoisotopic (exact) mass is 313 g/mol. The highest BCUT2D eigenvalue weighted by Gasteiger charge is 2.19. The number of aryl methyl sites for hydroxylation is 2. The molecule has 1 atom stereocenters. The first-order valence-electron chi connectivity index (χ1n) is 7.33. The number of hydrogen-bond donors (Lipinski definition) is 1. The van der Waals surface area contributed by atoms with Crippen molar-refractivity contribution in [1.82, 2.24) is 19.6 Å². The number of anilines is 1. The van der Waals surface area contributed by atoms with Gasteiger partial charge in [0.2, 0.25) is 5.91 Å². The second-order valence-electron chi connectivity index (χ2n) is 5.45. The Bertz CT molecular complexity index is 813. The summed E-state index contributed by atoms with van der Waals surface area (Å²) >= 11 is 0. The van der Waals surface area contributed by atoms with E-state index in [-0.39, 0.29) is 5.91 Å². The number of carbonyl (C=O) groups is 1. The smallest absolute Gasteiger partial charge is 0.248 e. The number of nitrogens with one attached hydrogen (secondary N) is 1. The molecule has 7 heteroatoms. The van der Waals surface area contributed by atoms with E-state index in [1.165, 1.54) is 0 Å². The van der Waals surface area contributed by atoms with Crippen molar-refractivity contribution in [3.8, 4) is 5.75 Å². The van der Waals surface area contributed by atoms with E-state index >= 15 is 0 Å². The summed E-state index contributed by atoms with van der Waals surface area (Å²) < 4.78 is 8.53.